The molecule has 2 aliphatic heterocycles. The maximum atomic E-state index is 13.7. The molecule has 0 spiro atoms. The summed E-state index contributed by atoms with van der Waals surface area (Å²) in [7, 11) is -2.03. The molecule has 1 aliphatic carbocycles. The predicted octanol–water partition coefficient (Wildman–Crippen LogP) is 1.49. The lowest BCUT2D eigenvalue weighted by atomic mass is 10.1. The first-order valence-electron chi connectivity index (χ1n) is 12.1. The summed E-state index contributed by atoms with van der Waals surface area (Å²) in [6.07, 6.45) is 7.40. The molecule has 0 radical (unpaired) electrons. The first kappa shape index (κ1) is 24.3. The van der Waals surface area contributed by atoms with Crippen LogP contribution in [0.5, 0.6) is 0 Å². The van der Waals surface area contributed by atoms with Gasteiger partial charge in [0.2, 0.25) is 16.0 Å². The molecule has 6 rings (SSSR count). The topological polar surface area (TPSA) is 118 Å². The fraction of sp³-hybridized carbons (Fsp3) is 0.360. The molecular weight excluding hydrogens is 511 g/mol. The average molecular weight is 537 g/mol. The molecular formula is C25H25FN8O3S. The third-order valence-electron chi connectivity index (χ3n) is 6.78. The van der Waals surface area contributed by atoms with Crippen LogP contribution in [0.25, 0.3) is 0 Å². The molecule has 4 heterocycles. The Bertz CT molecular complexity index is 1640. The Labute approximate surface area is 219 Å². The minimum Gasteiger partial charge on any atom is -0.295 e. The summed E-state index contributed by atoms with van der Waals surface area (Å²) in [5, 5.41) is 8.09. The Hall–Kier alpha value is -4.02. The van der Waals surface area contributed by atoms with Crippen molar-refractivity contribution in [2.45, 2.75) is 49.3 Å². The third kappa shape index (κ3) is 4.46. The second kappa shape index (κ2) is 8.78. The van der Waals surface area contributed by atoms with Crippen molar-refractivity contribution in [3.8, 4) is 11.8 Å². The number of halogens is 1. The number of fused-ring (bicyclic) bond motifs is 3. The number of nitrogens with one attached hydrogen (secondary N) is 1. The number of carbonyl (C=O) groups is 1. The molecule has 1 aromatic carbocycles. The van der Waals surface area contributed by atoms with Crippen molar-refractivity contribution in [3.63, 3.8) is 0 Å². The van der Waals surface area contributed by atoms with Gasteiger partial charge >= 0.3 is 0 Å². The van der Waals surface area contributed by atoms with Crippen molar-refractivity contribution in [2.75, 3.05) is 11.4 Å². The van der Waals surface area contributed by atoms with Gasteiger partial charge < -0.3 is 0 Å². The smallest absolute Gasteiger partial charge is 0.263 e. The van der Waals surface area contributed by atoms with Crippen LogP contribution in [0, 0.1) is 17.7 Å². The van der Waals surface area contributed by atoms with Gasteiger partial charge in [-0.25, -0.2) is 22.5 Å². The van der Waals surface area contributed by atoms with Crippen LogP contribution >= 0.6 is 0 Å². The van der Waals surface area contributed by atoms with Gasteiger partial charge in [0.25, 0.3) is 5.91 Å². The molecule has 0 unspecified atom stereocenters. The lowest BCUT2D eigenvalue weighted by Gasteiger charge is -2.37. The highest BCUT2D eigenvalue weighted by atomic mass is 32.2. The van der Waals surface area contributed by atoms with Crippen molar-refractivity contribution >= 4 is 27.6 Å². The van der Waals surface area contributed by atoms with Crippen molar-refractivity contribution < 1.29 is 17.6 Å². The Morgan fingerprint density at radius 1 is 1.21 bits per heavy atom. The number of nitrogens with zero attached hydrogens (tertiary/aromatic N) is 7. The number of amides is 1. The van der Waals surface area contributed by atoms with Crippen LogP contribution in [-0.2, 0) is 30.2 Å². The van der Waals surface area contributed by atoms with Gasteiger partial charge in [0.05, 0.1) is 47.8 Å². The van der Waals surface area contributed by atoms with Crippen LogP contribution in [-0.4, -0.2) is 62.9 Å². The number of aryl methyl sites for hydroxylation is 1. The summed E-state index contributed by atoms with van der Waals surface area (Å²) in [4.78, 5) is 21.8. The van der Waals surface area contributed by atoms with Gasteiger partial charge in [0, 0.05) is 24.3 Å². The second-order valence-corrected chi connectivity index (χ2v) is 11.6. The maximum absolute atomic E-state index is 13.7. The summed E-state index contributed by atoms with van der Waals surface area (Å²) < 4.78 is 45.2. The standard InChI is InChI=1S/C25H25FN8O3S/c1-25(7-8-25)30-38(36,37)20-5-6-22-21(10-20)23(35)33(15-17-11-28-31(2)14-17)24-27-13-19(34(22)24)4-3-9-32-16-18(26)12-29-32/h5-6,10-12,14,16,19,30H,7-9,13,15H2,1-2H3/t19-/m1/s1. The van der Waals surface area contributed by atoms with Gasteiger partial charge in [-0.3, -0.25) is 24.0 Å². The molecule has 1 atom stereocenters. The van der Waals surface area contributed by atoms with Gasteiger partial charge in [-0.15, -0.1) is 0 Å². The highest BCUT2D eigenvalue weighted by Gasteiger charge is 2.44. The predicted molar refractivity (Wildman–Crippen MR) is 136 cm³/mol. The SMILES string of the molecule is Cn1cc(CN2C(=O)c3cc(S(=O)(=O)NC4(C)CC4)ccc3N3C2=NC[C@H]3C#CCn2cc(F)cn2)cn1. The third-order valence-corrected chi connectivity index (χ3v) is 8.41. The fourth-order valence-electron chi connectivity index (χ4n) is 4.59. The molecule has 13 heteroatoms. The van der Waals surface area contributed by atoms with E-state index in [2.05, 4.69) is 31.8 Å². The van der Waals surface area contributed by atoms with Gasteiger partial charge in [0.1, 0.15) is 12.6 Å². The number of rotatable bonds is 6. The zero-order valence-corrected chi connectivity index (χ0v) is 21.6. The lowest BCUT2D eigenvalue weighted by Crippen LogP contribution is -2.52. The molecule has 1 N–H and O–H groups in total. The lowest BCUT2D eigenvalue weighted by molar-refractivity contribution is 0.0833. The summed E-state index contributed by atoms with van der Waals surface area (Å²) in [6.45, 7) is 2.57. The van der Waals surface area contributed by atoms with Crippen LogP contribution in [0.3, 0.4) is 0 Å². The fourth-order valence-corrected chi connectivity index (χ4v) is 6.08. The normalized spacial score (nSPS) is 19.5. The number of hydrogen-bond acceptors (Lipinski definition) is 7. The molecule has 0 saturated heterocycles. The van der Waals surface area contributed by atoms with Crippen molar-refractivity contribution in [1.82, 2.24) is 29.2 Å². The number of anilines is 1. The number of aromatic nitrogens is 4. The van der Waals surface area contributed by atoms with E-state index >= 15 is 0 Å². The first-order chi connectivity index (χ1) is 18.1. The van der Waals surface area contributed by atoms with Crippen LogP contribution in [0.2, 0.25) is 0 Å². The molecule has 1 amide bonds. The molecule has 11 nitrogen and oxygen atoms in total. The van der Waals surface area contributed by atoms with Gasteiger partial charge in [-0.05, 0) is 38.0 Å². The minimum absolute atomic E-state index is 0.0296. The molecule has 3 aromatic rings. The zero-order chi connectivity index (χ0) is 26.7. The van der Waals surface area contributed by atoms with Crippen molar-refractivity contribution in [3.05, 3.63) is 59.9 Å². The van der Waals surface area contributed by atoms with Crippen LogP contribution in [0.4, 0.5) is 10.1 Å². The number of guanidine groups is 1. The number of carbonyl (C=O) groups excluding carboxylic acids is 1. The molecule has 1 fully saturated rings. The zero-order valence-electron chi connectivity index (χ0n) is 20.8. The Morgan fingerprint density at radius 2 is 2.03 bits per heavy atom. The summed E-state index contributed by atoms with van der Waals surface area (Å²) >= 11 is 0. The van der Waals surface area contributed by atoms with Gasteiger partial charge in [0.15, 0.2) is 5.82 Å². The van der Waals surface area contributed by atoms with E-state index in [1.54, 1.807) is 24.0 Å². The van der Waals surface area contributed by atoms with E-state index in [9.17, 15) is 17.6 Å². The van der Waals surface area contributed by atoms with Crippen molar-refractivity contribution in [1.29, 1.82) is 0 Å². The number of aliphatic imine (C=N–C) groups is 1. The molecule has 2 aromatic heterocycles. The second-order valence-electron chi connectivity index (χ2n) is 9.96. The quantitative estimate of drug-likeness (QED) is 0.477. The molecule has 1 saturated carbocycles. The number of hydrogen-bond donors (Lipinski definition) is 1. The molecule has 196 valence electrons. The van der Waals surface area contributed by atoms with E-state index in [0.717, 1.165) is 24.6 Å². The van der Waals surface area contributed by atoms with E-state index in [1.807, 2.05) is 18.0 Å². The number of sulfonamides is 1. The van der Waals surface area contributed by atoms with E-state index in [0.29, 0.717) is 18.2 Å². The average Bonchev–Trinajstić information content (AvgIpc) is 3.22. The van der Waals surface area contributed by atoms with Crippen LogP contribution < -0.4 is 9.62 Å². The minimum atomic E-state index is -3.82. The monoisotopic (exact) mass is 536 g/mol. The van der Waals surface area contributed by atoms with E-state index in [4.69, 9.17) is 0 Å². The molecule has 0 bridgehead atoms. The van der Waals surface area contributed by atoms with E-state index < -0.39 is 27.4 Å². The Balaban J connectivity index is 1.37. The highest BCUT2D eigenvalue weighted by molar-refractivity contribution is 7.89. The summed E-state index contributed by atoms with van der Waals surface area (Å²) in [5.41, 5.74) is 1.14. The summed E-state index contributed by atoms with van der Waals surface area (Å²) in [6, 6.07) is 4.16. The van der Waals surface area contributed by atoms with E-state index in [1.165, 1.54) is 27.9 Å². The van der Waals surface area contributed by atoms with Gasteiger partial charge in [-0.1, -0.05) is 11.8 Å². The van der Waals surface area contributed by atoms with Gasteiger partial charge in [-0.2, -0.15) is 10.2 Å². The highest BCUT2D eigenvalue weighted by Crippen LogP contribution is 2.38. The largest absolute Gasteiger partial charge is 0.295 e. The number of benzene rings is 1. The Kier molecular flexibility index (Phi) is 5.62. The molecule has 38 heavy (non-hydrogen) atoms. The van der Waals surface area contributed by atoms with Crippen molar-refractivity contribution in [2.24, 2.45) is 12.0 Å². The first-order valence-corrected chi connectivity index (χ1v) is 13.6. The molecule has 3 aliphatic rings. The Morgan fingerprint density at radius 3 is 2.71 bits per heavy atom. The summed E-state index contributed by atoms with van der Waals surface area (Å²) in [5.74, 6) is 5.82. The maximum Gasteiger partial charge on any atom is 0.263 e. The van der Waals surface area contributed by atoms with Crippen LogP contribution in [0.1, 0.15) is 35.7 Å². The van der Waals surface area contributed by atoms with Crippen LogP contribution in [0.15, 0.2) is 52.9 Å². The van der Waals surface area contributed by atoms with E-state index in [-0.39, 0.29) is 29.5 Å².